The molecule has 16 heteroatoms. The lowest BCUT2D eigenvalue weighted by Crippen LogP contribution is -2.71. The second kappa shape index (κ2) is 11.0. The number of carbonyl (C=O) groups excluding carboxylic acids is 2. The van der Waals surface area contributed by atoms with Gasteiger partial charge >= 0.3 is 5.97 Å². The molecule has 39 heavy (non-hydrogen) atoms. The number of nitrogen functional groups attached to an aromatic ring is 1. The van der Waals surface area contributed by atoms with Gasteiger partial charge in [-0.2, -0.15) is 9.66 Å². The summed E-state index contributed by atoms with van der Waals surface area (Å²) in [5, 5.41) is 27.5. The number of hydrogen-bond acceptors (Lipinski definition) is 11. The Labute approximate surface area is 233 Å². The summed E-state index contributed by atoms with van der Waals surface area (Å²) in [7, 11) is 1.28. The first kappa shape index (κ1) is 26.5. The number of thioether (sulfide) groups is 2. The van der Waals surface area contributed by atoms with Crippen molar-refractivity contribution in [3.63, 3.8) is 0 Å². The highest BCUT2D eigenvalue weighted by atomic mass is 32.2. The number of carbonyl (C=O) groups is 3. The Morgan fingerprint density at radius 3 is 2.97 bits per heavy atom. The maximum Gasteiger partial charge on any atom is 0.352 e. The Morgan fingerprint density at radius 2 is 2.28 bits per heavy atom. The van der Waals surface area contributed by atoms with E-state index in [0.29, 0.717) is 17.1 Å². The van der Waals surface area contributed by atoms with Crippen LogP contribution in [0.1, 0.15) is 5.69 Å². The SMILES string of the molecule is CO/N=C(\C(=O)N[C@@H]1C(=O)N2C(C(=O)O)=C(CSc3cccc4n3cc[n+]4CC#N)CS[C@@H]12)c1csc(N)n1. The normalized spacial score (nSPS) is 18.9. The molecule has 13 nitrogen and oxygen atoms in total. The highest BCUT2D eigenvalue weighted by Gasteiger charge is 2.54. The van der Waals surface area contributed by atoms with Crippen LogP contribution < -0.4 is 15.6 Å². The molecule has 0 radical (unpaired) electrons. The third kappa shape index (κ3) is 4.91. The van der Waals surface area contributed by atoms with Crippen LogP contribution in [0.15, 0.2) is 57.4 Å². The van der Waals surface area contributed by atoms with E-state index in [9.17, 15) is 19.5 Å². The van der Waals surface area contributed by atoms with Crippen molar-refractivity contribution < 1.29 is 28.9 Å². The summed E-state index contributed by atoms with van der Waals surface area (Å²) in [5.41, 5.74) is 7.09. The van der Waals surface area contributed by atoms with Gasteiger partial charge in [-0.05, 0) is 17.7 Å². The molecule has 0 unspecified atom stereocenters. The Balaban J connectivity index is 1.32. The average molecular weight is 586 g/mol. The lowest BCUT2D eigenvalue weighted by atomic mass is 10.0. The van der Waals surface area contributed by atoms with Gasteiger partial charge in [0.05, 0.1) is 0 Å². The summed E-state index contributed by atoms with van der Waals surface area (Å²) in [5.74, 6) is -1.71. The fourth-order valence-corrected chi connectivity index (χ4v) is 7.33. The van der Waals surface area contributed by atoms with E-state index in [2.05, 4.69) is 21.5 Å². The minimum absolute atomic E-state index is 0.0703. The number of nitrogens with zero attached hydrogens (tertiary/aromatic N) is 6. The number of pyridine rings is 1. The highest BCUT2D eigenvalue weighted by Crippen LogP contribution is 2.41. The van der Waals surface area contributed by atoms with Gasteiger partial charge in [0, 0.05) is 23.0 Å². The molecular weight excluding hydrogens is 565 g/mol. The predicted octanol–water partition coefficient (Wildman–Crippen LogP) is 0.670. The Morgan fingerprint density at radius 1 is 1.46 bits per heavy atom. The van der Waals surface area contributed by atoms with Crippen LogP contribution in [-0.4, -0.2) is 72.9 Å². The second-order valence-corrected chi connectivity index (χ2v) is 11.3. The van der Waals surface area contributed by atoms with E-state index in [1.165, 1.54) is 35.5 Å². The smallest absolute Gasteiger partial charge is 0.352 e. The van der Waals surface area contributed by atoms with Gasteiger partial charge in [-0.1, -0.05) is 16.9 Å². The number of imidazole rings is 1. The summed E-state index contributed by atoms with van der Waals surface area (Å²) in [6.45, 7) is 0.211. The molecule has 0 aliphatic carbocycles. The quantitative estimate of drug-likeness (QED) is 0.106. The number of nitrogens with two attached hydrogens (primary N) is 1. The number of amides is 2. The van der Waals surface area contributed by atoms with Crippen LogP contribution in [0.5, 0.6) is 0 Å². The topological polar surface area (TPSA) is 179 Å². The molecule has 4 N–H and O–H groups in total. The molecule has 0 aromatic carbocycles. The number of nitriles is 1. The summed E-state index contributed by atoms with van der Waals surface area (Å²) in [4.78, 5) is 48.3. The van der Waals surface area contributed by atoms with Gasteiger partial charge in [0.2, 0.25) is 0 Å². The van der Waals surface area contributed by atoms with Crippen molar-refractivity contribution in [2.24, 2.45) is 5.16 Å². The van der Waals surface area contributed by atoms with Crippen molar-refractivity contribution in [1.29, 1.82) is 5.26 Å². The number of rotatable bonds is 9. The fraction of sp³-hybridized carbons (Fsp3) is 0.261. The van der Waals surface area contributed by atoms with Crippen LogP contribution >= 0.6 is 34.9 Å². The van der Waals surface area contributed by atoms with Crippen LogP contribution in [0.3, 0.4) is 0 Å². The molecule has 1 fully saturated rings. The lowest BCUT2D eigenvalue weighted by Gasteiger charge is -2.49. The van der Waals surface area contributed by atoms with Crippen LogP contribution in [0.25, 0.3) is 5.65 Å². The van der Waals surface area contributed by atoms with Gasteiger partial charge in [0.25, 0.3) is 17.5 Å². The minimum atomic E-state index is -1.21. The molecule has 2 amide bonds. The van der Waals surface area contributed by atoms with E-state index in [4.69, 9.17) is 15.8 Å². The molecule has 5 rings (SSSR count). The van der Waals surface area contributed by atoms with Gasteiger partial charge in [-0.15, -0.1) is 23.1 Å². The van der Waals surface area contributed by atoms with Gasteiger partial charge in [0.15, 0.2) is 22.4 Å². The number of carboxylic acid groups (broad SMARTS) is 1. The minimum Gasteiger partial charge on any atom is -0.477 e. The van der Waals surface area contributed by atoms with Crippen molar-refractivity contribution in [2.75, 3.05) is 24.3 Å². The molecule has 5 heterocycles. The maximum atomic E-state index is 13.1. The van der Waals surface area contributed by atoms with E-state index in [1.54, 1.807) is 5.38 Å². The largest absolute Gasteiger partial charge is 0.477 e. The van der Waals surface area contributed by atoms with Crippen LogP contribution in [0.2, 0.25) is 0 Å². The molecule has 2 aliphatic heterocycles. The number of carboxylic acids is 1. The molecule has 0 spiro atoms. The van der Waals surface area contributed by atoms with Crippen LogP contribution in [-0.2, 0) is 25.8 Å². The van der Waals surface area contributed by atoms with Crippen LogP contribution in [0, 0.1) is 11.3 Å². The first-order chi connectivity index (χ1) is 18.8. The van der Waals surface area contributed by atoms with Gasteiger partial charge in [0.1, 0.15) is 48.4 Å². The van der Waals surface area contributed by atoms with Crippen LogP contribution in [0.4, 0.5) is 5.13 Å². The molecular formula is C23H21N8O5S3+. The average Bonchev–Trinajstić information content (AvgIpc) is 3.54. The third-order valence-electron chi connectivity index (χ3n) is 5.99. The molecule has 3 aromatic heterocycles. The zero-order chi connectivity index (χ0) is 27.7. The first-order valence-corrected chi connectivity index (χ1v) is 14.3. The summed E-state index contributed by atoms with van der Waals surface area (Å²) in [6.07, 6.45) is 3.66. The maximum absolute atomic E-state index is 13.1. The zero-order valence-electron chi connectivity index (χ0n) is 20.3. The molecule has 2 aliphatic rings. The van der Waals surface area contributed by atoms with Crippen molar-refractivity contribution in [1.82, 2.24) is 19.6 Å². The number of aromatic nitrogens is 3. The Bertz CT molecular complexity index is 1590. The van der Waals surface area contributed by atoms with E-state index < -0.39 is 29.2 Å². The number of fused-ring (bicyclic) bond motifs is 2. The standard InChI is InChI=1S/C23H20N8O5S3/c1-36-28-16(13-11-39-23(25)26-13)19(32)27-17-20(33)31-18(22(34)35)12(10-38-21(17)31)9-37-15-4-2-3-14-29(6-5-24)7-8-30(14)15/h2-4,7-8,11,17,21H,6,9-10H2,1H3,(H3-,25,26,27,32,34,35)/p+1/b28-16-/t17-,21+/m1/s1. The Kier molecular flexibility index (Phi) is 7.46. The highest BCUT2D eigenvalue weighted by molar-refractivity contribution is 8.01. The number of anilines is 1. The zero-order valence-corrected chi connectivity index (χ0v) is 22.8. The van der Waals surface area contributed by atoms with Gasteiger partial charge in [-0.3, -0.25) is 14.5 Å². The summed E-state index contributed by atoms with van der Waals surface area (Å²) >= 11 is 3.94. The van der Waals surface area contributed by atoms with Gasteiger partial charge < -0.3 is 21.0 Å². The lowest BCUT2D eigenvalue weighted by molar-refractivity contribution is -0.658. The molecule has 1 saturated heterocycles. The summed E-state index contributed by atoms with van der Waals surface area (Å²) in [6, 6.07) is 6.86. The van der Waals surface area contributed by atoms with E-state index in [-0.39, 0.29) is 28.8 Å². The van der Waals surface area contributed by atoms with Crippen molar-refractivity contribution >= 4 is 69.1 Å². The van der Waals surface area contributed by atoms with Gasteiger partial charge in [-0.25, -0.2) is 14.3 Å². The van der Waals surface area contributed by atoms with E-state index >= 15 is 0 Å². The summed E-state index contributed by atoms with van der Waals surface area (Å²) < 4.78 is 3.74. The van der Waals surface area contributed by atoms with E-state index in [0.717, 1.165) is 22.0 Å². The number of oxime groups is 1. The predicted molar refractivity (Wildman–Crippen MR) is 144 cm³/mol. The van der Waals surface area contributed by atoms with Crippen molar-refractivity contribution in [3.8, 4) is 6.07 Å². The molecule has 0 bridgehead atoms. The van der Waals surface area contributed by atoms with Crippen molar-refractivity contribution in [3.05, 3.63) is 52.9 Å². The number of thiazole rings is 1. The molecule has 200 valence electrons. The Hall–Kier alpha value is -4.07. The van der Waals surface area contributed by atoms with Crippen molar-refractivity contribution in [2.45, 2.75) is 23.0 Å². The second-order valence-electron chi connectivity index (χ2n) is 8.28. The molecule has 0 saturated carbocycles. The monoisotopic (exact) mass is 585 g/mol. The molecule has 2 atom stereocenters. The number of nitrogens with one attached hydrogen (secondary N) is 1. The molecule has 3 aromatic rings. The third-order valence-corrected chi connectivity index (χ3v) is 9.13. The number of hydrogen-bond donors (Lipinski definition) is 3. The number of aliphatic carboxylic acids is 1. The number of β-lactam (4-membered cyclic amide) rings is 1. The first-order valence-electron chi connectivity index (χ1n) is 11.4. The van der Waals surface area contributed by atoms with E-state index in [1.807, 2.05) is 39.6 Å². The fourth-order valence-electron chi connectivity index (χ4n) is 4.28.